The van der Waals surface area contributed by atoms with E-state index in [1.165, 1.54) is 0 Å². The molecule has 0 saturated heterocycles. The molecule has 1 N–H and O–H groups in total. The first kappa shape index (κ1) is 14.8. The van der Waals surface area contributed by atoms with Crippen molar-refractivity contribution in [1.82, 2.24) is 19.7 Å². The van der Waals surface area contributed by atoms with Crippen LogP contribution in [0.4, 0.5) is 0 Å². The molecule has 0 atom stereocenters. The highest BCUT2D eigenvalue weighted by molar-refractivity contribution is 5.93. The van der Waals surface area contributed by atoms with E-state index in [1.54, 1.807) is 7.11 Å². The Morgan fingerprint density at radius 2 is 2.00 bits per heavy atom. The van der Waals surface area contributed by atoms with E-state index in [1.807, 2.05) is 23.0 Å². The molecule has 0 saturated carbocycles. The summed E-state index contributed by atoms with van der Waals surface area (Å²) in [6.45, 7) is 7.05. The van der Waals surface area contributed by atoms with Gasteiger partial charge in [-0.2, -0.15) is 5.10 Å². The molecule has 0 aliphatic carbocycles. The number of benzene rings is 1. The van der Waals surface area contributed by atoms with E-state index in [4.69, 9.17) is 14.8 Å². The Morgan fingerprint density at radius 1 is 1.23 bits per heavy atom. The molecule has 116 valence electrons. The molecule has 1 aromatic carbocycles. The summed E-state index contributed by atoms with van der Waals surface area (Å²) in [5.74, 6) is 1.72. The van der Waals surface area contributed by atoms with E-state index >= 15 is 0 Å². The SMILES string of the molecule is COCCc1nc(-c2c[nH]c3ccccc23)nn1C(C)(C)C. The predicted octanol–water partition coefficient (Wildman–Crippen LogP) is 3.37. The molecule has 0 bridgehead atoms. The fourth-order valence-corrected chi connectivity index (χ4v) is 2.61. The fourth-order valence-electron chi connectivity index (χ4n) is 2.61. The van der Waals surface area contributed by atoms with Crippen LogP contribution in [0.15, 0.2) is 30.5 Å². The molecule has 0 spiro atoms. The molecular weight excluding hydrogens is 276 g/mol. The fraction of sp³-hybridized carbons (Fsp3) is 0.412. The van der Waals surface area contributed by atoms with Gasteiger partial charge in [-0.25, -0.2) is 9.67 Å². The minimum atomic E-state index is -0.111. The third kappa shape index (κ3) is 2.64. The largest absolute Gasteiger partial charge is 0.384 e. The van der Waals surface area contributed by atoms with Gasteiger partial charge in [0, 0.05) is 36.2 Å². The van der Waals surface area contributed by atoms with Crippen LogP contribution in [0.2, 0.25) is 0 Å². The van der Waals surface area contributed by atoms with Gasteiger partial charge in [-0.3, -0.25) is 0 Å². The van der Waals surface area contributed by atoms with Crippen LogP contribution in [0.25, 0.3) is 22.3 Å². The zero-order valence-corrected chi connectivity index (χ0v) is 13.6. The number of hydrogen-bond acceptors (Lipinski definition) is 3. The van der Waals surface area contributed by atoms with Crippen molar-refractivity contribution < 1.29 is 4.74 Å². The summed E-state index contributed by atoms with van der Waals surface area (Å²) in [6, 6.07) is 8.21. The summed E-state index contributed by atoms with van der Waals surface area (Å²) >= 11 is 0. The lowest BCUT2D eigenvalue weighted by molar-refractivity contribution is 0.196. The molecule has 3 rings (SSSR count). The van der Waals surface area contributed by atoms with E-state index in [9.17, 15) is 0 Å². The minimum Gasteiger partial charge on any atom is -0.384 e. The molecular formula is C17H22N4O. The van der Waals surface area contributed by atoms with E-state index in [0.29, 0.717) is 6.61 Å². The Kier molecular flexibility index (Phi) is 3.74. The first-order chi connectivity index (χ1) is 10.5. The van der Waals surface area contributed by atoms with Crippen LogP contribution in [0.3, 0.4) is 0 Å². The standard InChI is InChI=1S/C17H22N4O/c1-17(2,3)21-15(9-10-22-4)19-16(20-21)13-11-18-14-8-6-5-7-12(13)14/h5-8,11,18H,9-10H2,1-4H3. The molecule has 2 aromatic heterocycles. The topological polar surface area (TPSA) is 55.7 Å². The maximum absolute atomic E-state index is 5.20. The highest BCUT2D eigenvalue weighted by Crippen LogP contribution is 2.27. The lowest BCUT2D eigenvalue weighted by Gasteiger charge is -2.21. The van der Waals surface area contributed by atoms with E-state index in [-0.39, 0.29) is 5.54 Å². The van der Waals surface area contributed by atoms with Crippen molar-refractivity contribution in [3.05, 3.63) is 36.3 Å². The van der Waals surface area contributed by atoms with Crippen LogP contribution in [0.1, 0.15) is 26.6 Å². The van der Waals surface area contributed by atoms with Gasteiger partial charge in [0.25, 0.3) is 0 Å². The van der Waals surface area contributed by atoms with Crippen LogP contribution < -0.4 is 0 Å². The van der Waals surface area contributed by atoms with Crippen molar-refractivity contribution in [1.29, 1.82) is 0 Å². The van der Waals surface area contributed by atoms with Crippen LogP contribution in [0.5, 0.6) is 0 Å². The molecule has 3 aromatic rings. The maximum atomic E-state index is 5.20. The van der Waals surface area contributed by atoms with Crippen molar-refractivity contribution >= 4 is 10.9 Å². The Balaban J connectivity index is 2.09. The second kappa shape index (κ2) is 5.57. The molecule has 0 unspecified atom stereocenters. The molecule has 2 heterocycles. The number of hydrogen-bond donors (Lipinski definition) is 1. The number of H-pyrrole nitrogens is 1. The second-order valence-electron chi connectivity index (χ2n) is 6.42. The number of aromatic amines is 1. The monoisotopic (exact) mass is 298 g/mol. The zero-order valence-electron chi connectivity index (χ0n) is 13.6. The van der Waals surface area contributed by atoms with Gasteiger partial charge in [0.1, 0.15) is 5.82 Å². The summed E-state index contributed by atoms with van der Waals surface area (Å²) in [6.07, 6.45) is 2.73. The van der Waals surface area contributed by atoms with Gasteiger partial charge < -0.3 is 9.72 Å². The Hall–Kier alpha value is -2.14. The van der Waals surface area contributed by atoms with Gasteiger partial charge in [-0.05, 0) is 26.8 Å². The molecule has 5 heteroatoms. The summed E-state index contributed by atoms with van der Waals surface area (Å²) in [5, 5.41) is 5.90. The molecule has 0 aliphatic rings. The lowest BCUT2D eigenvalue weighted by Crippen LogP contribution is -2.26. The number of methoxy groups -OCH3 is 1. The van der Waals surface area contributed by atoms with Gasteiger partial charge in [-0.1, -0.05) is 18.2 Å². The number of nitrogens with one attached hydrogen (secondary N) is 1. The van der Waals surface area contributed by atoms with E-state index in [0.717, 1.165) is 34.5 Å². The Morgan fingerprint density at radius 3 is 2.73 bits per heavy atom. The molecule has 5 nitrogen and oxygen atoms in total. The van der Waals surface area contributed by atoms with Crippen molar-refractivity contribution in [2.45, 2.75) is 32.7 Å². The number of para-hydroxylation sites is 1. The Bertz CT molecular complexity index is 779. The maximum Gasteiger partial charge on any atom is 0.183 e. The first-order valence-corrected chi connectivity index (χ1v) is 7.52. The van der Waals surface area contributed by atoms with E-state index in [2.05, 4.69) is 37.9 Å². The molecule has 22 heavy (non-hydrogen) atoms. The number of nitrogens with zero attached hydrogens (tertiary/aromatic N) is 3. The third-order valence-electron chi connectivity index (χ3n) is 3.67. The summed E-state index contributed by atoms with van der Waals surface area (Å²) < 4.78 is 7.20. The van der Waals surface area contributed by atoms with Gasteiger partial charge in [0.2, 0.25) is 0 Å². The first-order valence-electron chi connectivity index (χ1n) is 7.52. The molecule has 0 fully saturated rings. The van der Waals surface area contributed by atoms with Gasteiger partial charge >= 0.3 is 0 Å². The second-order valence-corrected chi connectivity index (χ2v) is 6.42. The van der Waals surface area contributed by atoms with E-state index < -0.39 is 0 Å². The van der Waals surface area contributed by atoms with Crippen LogP contribution in [-0.4, -0.2) is 33.5 Å². The van der Waals surface area contributed by atoms with Gasteiger partial charge in [0.15, 0.2) is 5.82 Å². The number of fused-ring (bicyclic) bond motifs is 1. The van der Waals surface area contributed by atoms with Crippen molar-refractivity contribution in [2.24, 2.45) is 0 Å². The van der Waals surface area contributed by atoms with Gasteiger partial charge in [-0.15, -0.1) is 0 Å². The number of aromatic nitrogens is 4. The summed E-state index contributed by atoms with van der Waals surface area (Å²) in [5.41, 5.74) is 2.03. The van der Waals surface area contributed by atoms with Gasteiger partial charge in [0.05, 0.1) is 12.1 Å². The number of ether oxygens (including phenoxy) is 1. The number of rotatable bonds is 4. The van der Waals surface area contributed by atoms with Crippen LogP contribution >= 0.6 is 0 Å². The average molecular weight is 298 g/mol. The normalized spacial score (nSPS) is 12.2. The molecule has 0 amide bonds. The van der Waals surface area contributed by atoms with Crippen molar-refractivity contribution in [3.63, 3.8) is 0 Å². The van der Waals surface area contributed by atoms with Crippen LogP contribution in [0, 0.1) is 0 Å². The Labute approximate surface area is 130 Å². The predicted molar refractivity (Wildman–Crippen MR) is 87.9 cm³/mol. The lowest BCUT2D eigenvalue weighted by atomic mass is 10.1. The summed E-state index contributed by atoms with van der Waals surface area (Å²) in [7, 11) is 1.71. The summed E-state index contributed by atoms with van der Waals surface area (Å²) in [4.78, 5) is 8.04. The highest BCUT2D eigenvalue weighted by Gasteiger charge is 2.22. The van der Waals surface area contributed by atoms with Crippen LogP contribution in [-0.2, 0) is 16.7 Å². The van der Waals surface area contributed by atoms with Crippen molar-refractivity contribution in [2.75, 3.05) is 13.7 Å². The smallest absolute Gasteiger partial charge is 0.183 e. The highest BCUT2D eigenvalue weighted by atomic mass is 16.5. The minimum absolute atomic E-state index is 0.111. The molecule has 0 aliphatic heterocycles. The average Bonchev–Trinajstić information content (AvgIpc) is 3.08. The quantitative estimate of drug-likeness (QED) is 0.803. The third-order valence-corrected chi connectivity index (χ3v) is 3.67. The zero-order chi connectivity index (χ0) is 15.7. The van der Waals surface area contributed by atoms with Crippen molar-refractivity contribution in [3.8, 4) is 11.4 Å². The molecule has 0 radical (unpaired) electrons.